The second-order valence-electron chi connectivity index (χ2n) is 7.36. The normalized spacial score (nSPS) is 16.0. The Bertz CT molecular complexity index is 1010. The average Bonchev–Trinajstić information content (AvgIpc) is 3.38. The van der Waals surface area contributed by atoms with Gasteiger partial charge in [-0.25, -0.2) is 4.98 Å². The van der Waals surface area contributed by atoms with Gasteiger partial charge in [-0.1, -0.05) is 60.2 Å². The van der Waals surface area contributed by atoms with Gasteiger partial charge in [0.25, 0.3) is 5.91 Å². The molecule has 0 bridgehead atoms. The van der Waals surface area contributed by atoms with Crippen LogP contribution in [0.3, 0.4) is 0 Å². The summed E-state index contributed by atoms with van der Waals surface area (Å²) in [4.78, 5) is 31.2. The van der Waals surface area contributed by atoms with E-state index in [1.807, 2.05) is 66.4 Å². The Balaban J connectivity index is 1.36. The Hall–Kier alpha value is -3.41. The second-order valence-corrected chi connectivity index (χ2v) is 7.36. The Morgan fingerprint density at radius 3 is 2.79 bits per heavy atom. The van der Waals surface area contributed by atoms with Gasteiger partial charge >= 0.3 is 0 Å². The molecule has 0 saturated carbocycles. The largest absolute Gasteiger partial charge is 0.443 e. The van der Waals surface area contributed by atoms with Gasteiger partial charge in [-0.15, -0.1) is 0 Å². The number of amides is 2. The number of nitrogens with one attached hydrogen (secondary N) is 1. The molecule has 1 atom stereocenters. The van der Waals surface area contributed by atoms with E-state index in [0.717, 1.165) is 23.1 Å². The summed E-state index contributed by atoms with van der Waals surface area (Å²) in [5.74, 6) is 0.253. The molecule has 0 aliphatic carbocycles. The first kappa shape index (κ1) is 18.9. The van der Waals surface area contributed by atoms with Crippen molar-refractivity contribution in [3.63, 3.8) is 0 Å². The molecule has 0 radical (unpaired) electrons. The van der Waals surface area contributed by atoms with Gasteiger partial charge in [0.2, 0.25) is 5.91 Å². The molecular formula is C23H23N3O3. The summed E-state index contributed by atoms with van der Waals surface area (Å²) in [7, 11) is 0. The maximum Gasteiger partial charge on any atom is 0.274 e. The van der Waals surface area contributed by atoms with Crippen molar-refractivity contribution in [2.24, 2.45) is 0 Å². The van der Waals surface area contributed by atoms with Crippen LogP contribution in [0.15, 0.2) is 65.4 Å². The zero-order chi connectivity index (χ0) is 20.2. The van der Waals surface area contributed by atoms with Crippen molar-refractivity contribution in [2.75, 3.05) is 13.1 Å². The lowest BCUT2D eigenvalue weighted by molar-refractivity contribution is -0.129. The summed E-state index contributed by atoms with van der Waals surface area (Å²) >= 11 is 0. The van der Waals surface area contributed by atoms with Gasteiger partial charge in [-0.2, -0.15) is 0 Å². The van der Waals surface area contributed by atoms with Gasteiger partial charge in [0, 0.05) is 24.7 Å². The average molecular weight is 389 g/mol. The van der Waals surface area contributed by atoms with E-state index in [9.17, 15) is 9.59 Å². The lowest BCUT2D eigenvalue weighted by Crippen LogP contribution is -2.39. The fraction of sp³-hybridized carbons (Fsp3) is 0.261. The molecule has 6 nitrogen and oxygen atoms in total. The van der Waals surface area contributed by atoms with Crippen LogP contribution in [0.1, 0.15) is 28.0 Å². The zero-order valence-corrected chi connectivity index (χ0v) is 16.3. The predicted octanol–water partition coefficient (Wildman–Crippen LogP) is 3.22. The van der Waals surface area contributed by atoms with Gasteiger partial charge in [0.1, 0.15) is 0 Å². The fourth-order valence-electron chi connectivity index (χ4n) is 3.67. The molecule has 2 aromatic carbocycles. The fourth-order valence-corrected chi connectivity index (χ4v) is 3.67. The lowest BCUT2D eigenvalue weighted by atomic mass is 10.1. The number of rotatable bonds is 5. The van der Waals surface area contributed by atoms with Gasteiger partial charge in [0.05, 0.1) is 6.42 Å². The van der Waals surface area contributed by atoms with Crippen molar-refractivity contribution < 1.29 is 14.0 Å². The van der Waals surface area contributed by atoms with Crippen LogP contribution in [0, 0.1) is 6.92 Å². The van der Waals surface area contributed by atoms with Crippen LogP contribution < -0.4 is 5.32 Å². The number of aryl methyl sites for hydroxylation is 1. The molecule has 1 saturated heterocycles. The summed E-state index contributed by atoms with van der Waals surface area (Å²) in [6.07, 6.45) is 2.39. The molecule has 2 heterocycles. The van der Waals surface area contributed by atoms with E-state index in [4.69, 9.17) is 4.42 Å². The molecule has 29 heavy (non-hydrogen) atoms. The molecular weight excluding hydrogens is 366 g/mol. The minimum absolute atomic E-state index is 0.0822. The predicted molar refractivity (Wildman–Crippen MR) is 109 cm³/mol. The number of aromatic nitrogens is 1. The molecule has 1 aromatic heterocycles. The highest BCUT2D eigenvalue weighted by Crippen LogP contribution is 2.23. The molecule has 6 heteroatoms. The van der Waals surface area contributed by atoms with E-state index >= 15 is 0 Å². The molecule has 1 aliphatic rings. The van der Waals surface area contributed by atoms with E-state index in [1.165, 1.54) is 6.39 Å². The number of carbonyl (C=O) groups is 2. The van der Waals surface area contributed by atoms with Crippen molar-refractivity contribution >= 4 is 11.8 Å². The molecule has 148 valence electrons. The Morgan fingerprint density at radius 2 is 2.00 bits per heavy atom. The van der Waals surface area contributed by atoms with E-state index < -0.39 is 0 Å². The molecule has 1 N–H and O–H groups in total. The number of nitrogens with zero attached hydrogens (tertiary/aromatic N) is 2. The first-order chi connectivity index (χ1) is 14.1. The minimum atomic E-state index is -0.282. The molecule has 4 rings (SSSR count). The third-order valence-electron chi connectivity index (χ3n) is 5.13. The number of oxazole rings is 1. The second kappa shape index (κ2) is 8.31. The summed E-state index contributed by atoms with van der Waals surface area (Å²) in [6.45, 7) is 3.16. The minimum Gasteiger partial charge on any atom is -0.443 e. The highest BCUT2D eigenvalue weighted by Gasteiger charge is 2.29. The monoisotopic (exact) mass is 389 g/mol. The standard InChI is InChI=1S/C23H23N3O3/c1-16-6-5-7-17(12-16)13-20(27)26-11-10-19(14-26)25-23(28)21-22(29-15-24-21)18-8-3-2-4-9-18/h2-9,12,15,19H,10-11,13-14H2,1H3,(H,25,28)/t19-/m0/s1. The van der Waals surface area contributed by atoms with E-state index in [0.29, 0.717) is 25.3 Å². The van der Waals surface area contributed by atoms with E-state index in [2.05, 4.69) is 10.3 Å². The molecule has 0 spiro atoms. The maximum atomic E-state index is 12.7. The van der Waals surface area contributed by atoms with Gasteiger partial charge in [-0.3, -0.25) is 9.59 Å². The van der Waals surface area contributed by atoms with Crippen molar-refractivity contribution in [1.29, 1.82) is 0 Å². The maximum absolute atomic E-state index is 12.7. The van der Waals surface area contributed by atoms with E-state index in [1.54, 1.807) is 0 Å². The van der Waals surface area contributed by atoms with Crippen LogP contribution >= 0.6 is 0 Å². The SMILES string of the molecule is Cc1cccc(CC(=O)N2CC[C@H](NC(=O)c3ncoc3-c3ccccc3)C2)c1. The highest BCUT2D eigenvalue weighted by molar-refractivity contribution is 5.97. The third kappa shape index (κ3) is 4.37. The summed E-state index contributed by atoms with van der Waals surface area (Å²) in [5.41, 5.74) is 3.22. The summed E-state index contributed by atoms with van der Waals surface area (Å²) < 4.78 is 5.44. The van der Waals surface area contributed by atoms with Gasteiger partial charge < -0.3 is 14.6 Å². The van der Waals surface area contributed by atoms with Crippen molar-refractivity contribution in [2.45, 2.75) is 25.8 Å². The first-order valence-corrected chi connectivity index (χ1v) is 9.73. The first-order valence-electron chi connectivity index (χ1n) is 9.73. The quantitative estimate of drug-likeness (QED) is 0.727. The molecule has 0 unspecified atom stereocenters. The van der Waals surface area contributed by atoms with Crippen LogP contribution in [0.4, 0.5) is 0 Å². The smallest absolute Gasteiger partial charge is 0.274 e. The summed E-state index contributed by atoms with van der Waals surface area (Å²) in [6, 6.07) is 17.3. The number of likely N-dealkylation sites (tertiary alicyclic amines) is 1. The Labute approximate surface area is 169 Å². The topological polar surface area (TPSA) is 75.4 Å². The van der Waals surface area contributed by atoms with Crippen LogP contribution in [0.25, 0.3) is 11.3 Å². The molecule has 3 aromatic rings. The van der Waals surface area contributed by atoms with Crippen LogP contribution in [0.2, 0.25) is 0 Å². The van der Waals surface area contributed by atoms with Crippen molar-refractivity contribution in [3.8, 4) is 11.3 Å². The van der Waals surface area contributed by atoms with Crippen molar-refractivity contribution in [3.05, 3.63) is 77.8 Å². The number of hydrogen-bond donors (Lipinski definition) is 1. The van der Waals surface area contributed by atoms with Crippen molar-refractivity contribution in [1.82, 2.24) is 15.2 Å². The molecule has 2 amide bonds. The third-order valence-corrected chi connectivity index (χ3v) is 5.13. The van der Waals surface area contributed by atoms with E-state index in [-0.39, 0.29) is 23.6 Å². The number of benzene rings is 2. The van der Waals surface area contributed by atoms with Crippen LogP contribution in [-0.4, -0.2) is 40.8 Å². The van der Waals surface area contributed by atoms with Crippen LogP contribution in [-0.2, 0) is 11.2 Å². The van der Waals surface area contributed by atoms with Gasteiger partial charge in [0.15, 0.2) is 17.8 Å². The number of hydrogen-bond acceptors (Lipinski definition) is 4. The Kier molecular flexibility index (Phi) is 5.42. The molecule has 1 fully saturated rings. The van der Waals surface area contributed by atoms with Crippen LogP contribution in [0.5, 0.6) is 0 Å². The number of carbonyl (C=O) groups excluding carboxylic acids is 2. The van der Waals surface area contributed by atoms with Gasteiger partial charge in [-0.05, 0) is 18.9 Å². The Morgan fingerprint density at radius 1 is 1.17 bits per heavy atom. The highest BCUT2D eigenvalue weighted by atomic mass is 16.3. The lowest BCUT2D eigenvalue weighted by Gasteiger charge is -2.17. The zero-order valence-electron chi connectivity index (χ0n) is 16.3. The molecule has 1 aliphatic heterocycles. The summed E-state index contributed by atoms with van der Waals surface area (Å²) in [5, 5.41) is 2.99.